The molecule has 2 saturated heterocycles. The molecule has 1 N–H and O–H groups in total. The predicted octanol–water partition coefficient (Wildman–Crippen LogP) is 2.33. The first-order valence-corrected chi connectivity index (χ1v) is 6.27. The van der Waals surface area contributed by atoms with Crippen LogP contribution in [0.15, 0.2) is 24.3 Å². The van der Waals surface area contributed by atoms with Crippen LogP contribution in [0.25, 0.3) is 0 Å². The molecule has 0 radical (unpaired) electrons. The van der Waals surface area contributed by atoms with Gasteiger partial charge >= 0.3 is 0 Å². The van der Waals surface area contributed by atoms with Crippen LogP contribution in [0.1, 0.15) is 21.6 Å². The molecule has 2 heterocycles. The summed E-state index contributed by atoms with van der Waals surface area (Å²) in [4.78, 5) is -0.399. The Kier molecular flexibility index (Phi) is 1.08. The summed E-state index contributed by atoms with van der Waals surface area (Å²) >= 11 is 3.65. The smallest absolute Gasteiger partial charge is 0.140 e. The van der Waals surface area contributed by atoms with E-state index in [9.17, 15) is 5.11 Å². The molecule has 4 atom stereocenters. The number of aliphatic hydroxyl groups is 1. The molecule has 1 aliphatic carbocycles. The summed E-state index contributed by atoms with van der Waals surface area (Å²) in [5, 5.41) is 11.6. The third-order valence-electron chi connectivity index (χ3n) is 3.11. The van der Waals surface area contributed by atoms with Gasteiger partial charge in [0.15, 0.2) is 0 Å². The van der Waals surface area contributed by atoms with Gasteiger partial charge < -0.3 is 5.11 Å². The number of fused-ring (bicyclic) bond motifs is 6. The number of hydrogen-bond donors (Lipinski definition) is 1. The van der Waals surface area contributed by atoms with E-state index in [1.165, 1.54) is 11.1 Å². The van der Waals surface area contributed by atoms with E-state index in [-0.39, 0.29) is 0 Å². The van der Waals surface area contributed by atoms with E-state index < -0.39 is 4.93 Å². The molecule has 4 rings (SSSR count). The third kappa shape index (κ3) is 0.729. The molecule has 66 valence electrons. The molecule has 0 spiro atoms. The van der Waals surface area contributed by atoms with E-state index in [2.05, 4.69) is 24.3 Å². The first-order valence-electron chi connectivity index (χ1n) is 4.45. The summed E-state index contributed by atoms with van der Waals surface area (Å²) in [5.74, 6) is 0. The first-order chi connectivity index (χ1) is 6.31. The monoisotopic (exact) mass is 208 g/mol. The maximum Gasteiger partial charge on any atom is 0.140 e. The van der Waals surface area contributed by atoms with Gasteiger partial charge in [0.25, 0.3) is 0 Å². The SMILES string of the molecule is OC12SC1c1ccccc1C1SC12. The predicted molar refractivity (Wildman–Crippen MR) is 55.8 cm³/mol. The van der Waals surface area contributed by atoms with Crippen LogP contribution in [0.5, 0.6) is 0 Å². The Morgan fingerprint density at radius 3 is 2.85 bits per heavy atom. The second-order valence-electron chi connectivity index (χ2n) is 3.86. The molecule has 2 fully saturated rings. The van der Waals surface area contributed by atoms with Crippen molar-refractivity contribution in [2.75, 3.05) is 0 Å². The van der Waals surface area contributed by atoms with Crippen molar-refractivity contribution in [3.8, 4) is 0 Å². The summed E-state index contributed by atoms with van der Waals surface area (Å²) in [6.45, 7) is 0. The molecule has 2 aliphatic heterocycles. The lowest BCUT2D eigenvalue weighted by molar-refractivity contribution is 0.171. The van der Waals surface area contributed by atoms with E-state index in [1.807, 2.05) is 11.8 Å². The van der Waals surface area contributed by atoms with Crippen LogP contribution in [0.3, 0.4) is 0 Å². The van der Waals surface area contributed by atoms with Gasteiger partial charge in [-0.05, 0) is 11.1 Å². The number of hydrogen-bond acceptors (Lipinski definition) is 3. The van der Waals surface area contributed by atoms with Crippen LogP contribution in [0, 0.1) is 0 Å². The van der Waals surface area contributed by atoms with Crippen LogP contribution in [0.4, 0.5) is 0 Å². The molecule has 0 bridgehead atoms. The zero-order valence-electron chi connectivity index (χ0n) is 6.81. The zero-order chi connectivity index (χ0) is 8.63. The molecule has 1 aromatic carbocycles. The first kappa shape index (κ1) is 7.21. The quantitative estimate of drug-likeness (QED) is 0.661. The van der Waals surface area contributed by atoms with Gasteiger partial charge in [-0.3, -0.25) is 0 Å². The van der Waals surface area contributed by atoms with E-state index in [0.29, 0.717) is 15.7 Å². The maximum atomic E-state index is 10.1. The summed E-state index contributed by atoms with van der Waals surface area (Å²) in [6.07, 6.45) is 0. The molecule has 3 aliphatic rings. The Morgan fingerprint density at radius 1 is 1.23 bits per heavy atom. The highest BCUT2D eigenvalue weighted by Gasteiger charge is 2.72. The summed E-state index contributed by atoms with van der Waals surface area (Å²) in [7, 11) is 0. The summed E-state index contributed by atoms with van der Waals surface area (Å²) in [6, 6.07) is 8.56. The van der Waals surface area contributed by atoms with Gasteiger partial charge in [0, 0.05) is 5.25 Å². The summed E-state index contributed by atoms with van der Waals surface area (Å²) in [5.41, 5.74) is 2.85. The van der Waals surface area contributed by atoms with Gasteiger partial charge in [-0.15, -0.1) is 23.5 Å². The highest BCUT2D eigenvalue weighted by molar-refractivity contribution is 8.13. The van der Waals surface area contributed by atoms with Crippen molar-refractivity contribution in [2.45, 2.75) is 20.7 Å². The second kappa shape index (κ2) is 1.95. The Bertz CT molecular complexity index is 406. The number of benzene rings is 1. The van der Waals surface area contributed by atoms with Gasteiger partial charge in [0.1, 0.15) is 4.93 Å². The fraction of sp³-hybridized carbons (Fsp3) is 0.400. The van der Waals surface area contributed by atoms with Crippen LogP contribution in [0.2, 0.25) is 0 Å². The average Bonchev–Trinajstić information content (AvgIpc) is 2.95. The van der Waals surface area contributed by atoms with Gasteiger partial charge in [-0.25, -0.2) is 0 Å². The third-order valence-corrected chi connectivity index (χ3v) is 6.15. The van der Waals surface area contributed by atoms with Gasteiger partial charge in [-0.1, -0.05) is 24.3 Å². The van der Waals surface area contributed by atoms with E-state index in [4.69, 9.17) is 0 Å². The lowest BCUT2D eigenvalue weighted by Gasteiger charge is -2.15. The molecule has 13 heavy (non-hydrogen) atoms. The fourth-order valence-corrected chi connectivity index (χ4v) is 5.30. The normalized spacial score (nSPS) is 48.8. The molecule has 0 aromatic heterocycles. The van der Waals surface area contributed by atoms with Crippen LogP contribution in [-0.4, -0.2) is 15.3 Å². The topological polar surface area (TPSA) is 20.2 Å². The second-order valence-corrected chi connectivity index (χ2v) is 6.50. The Morgan fingerprint density at radius 2 is 2.00 bits per heavy atom. The van der Waals surface area contributed by atoms with Crippen molar-refractivity contribution in [1.82, 2.24) is 0 Å². The van der Waals surface area contributed by atoms with Crippen LogP contribution < -0.4 is 0 Å². The minimum atomic E-state index is -0.399. The molecule has 0 amide bonds. The molecule has 0 saturated carbocycles. The Labute approximate surface area is 84.9 Å². The molecule has 1 nitrogen and oxygen atoms in total. The minimum absolute atomic E-state index is 0.375. The van der Waals surface area contributed by atoms with Crippen molar-refractivity contribution in [1.29, 1.82) is 0 Å². The standard InChI is InChI=1S/C10H8OS2/c11-10-8(13-10)6-4-2-1-3-5(6)7-9(10)12-7/h1-4,7-9,11H. The molecular weight excluding hydrogens is 200 g/mol. The fourth-order valence-electron chi connectivity index (χ4n) is 2.33. The van der Waals surface area contributed by atoms with E-state index in [1.54, 1.807) is 11.8 Å². The molecule has 4 unspecified atom stereocenters. The van der Waals surface area contributed by atoms with Crippen molar-refractivity contribution >= 4 is 23.5 Å². The van der Waals surface area contributed by atoms with Crippen molar-refractivity contribution in [2.24, 2.45) is 0 Å². The number of thioether (sulfide) groups is 2. The molecule has 1 aromatic rings. The summed E-state index contributed by atoms with van der Waals surface area (Å²) < 4.78 is 0. The highest BCUT2D eigenvalue weighted by atomic mass is 32.2. The zero-order valence-corrected chi connectivity index (χ0v) is 8.44. The van der Waals surface area contributed by atoms with Crippen LogP contribution >= 0.6 is 23.5 Å². The Balaban J connectivity index is 1.97. The average molecular weight is 208 g/mol. The van der Waals surface area contributed by atoms with E-state index >= 15 is 0 Å². The molecular formula is C10H8OS2. The van der Waals surface area contributed by atoms with Gasteiger partial charge in [0.05, 0.1) is 10.5 Å². The van der Waals surface area contributed by atoms with Crippen molar-refractivity contribution < 1.29 is 5.11 Å². The highest BCUT2D eigenvalue weighted by Crippen LogP contribution is 2.81. The largest absolute Gasteiger partial charge is 0.377 e. The van der Waals surface area contributed by atoms with Crippen molar-refractivity contribution in [3.05, 3.63) is 35.4 Å². The minimum Gasteiger partial charge on any atom is -0.377 e. The van der Waals surface area contributed by atoms with Crippen molar-refractivity contribution in [3.63, 3.8) is 0 Å². The Hall–Kier alpha value is -0.120. The number of rotatable bonds is 0. The maximum absolute atomic E-state index is 10.1. The van der Waals surface area contributed by atoms with Crippen LogP contribution in [-0.2, 0) is 0 Å². The van der Waals surface area contributed by atoms with Gasteiger partial charge in [-0.2, -0.15) is 0 Å². The lowest BCUT2D eigenvalue weighted by Crippen LogP contribution is -2.21. The van der Waals surface area contributed by atoms with E-state index in [0.717, 1.165) is 0 Å². The lowest BCUT2D eigenvalue weighted by atomic mass is 9.90. The van der Waals surface area contributed by atoms with Gasteiger partial charge in [0.2, 0.25) is 0 Å². The molecule has 3 heteroatoms.